The number of hydrogen-bond donors (Lipinski definition) is 4. The third kappa shape index (κ3) is 7.89. The average molecular weight is 559 g/mol. The molecule has 41 heavy (non-hydrogen) atoms. The van der Waals surface area contributed by atoms with Crippen LogP contribution >= 0.6 is 0 Å². The van der Waals surface area contributed by atoms with Crippen LogP contribution in [-0.2, 0) is 20.9 Å². The van der Waals surface area contributed by atoms with Crippen LogP contribution in [-0.4, -0.2) is 59.8 Å². The molecule has 1 saturated heterocycles. The zero-order valence-electron chi connectivity index (χ0n) is 22.6. The largest absolute Gasteiger partial charge is 0.445 e. The fourth-order valence-electron chi connectivity index (χ4n) is 4.64. The van der Waals surface area contributed by atoms with E-state index in [1.165, 1.54) is 0 Å². The second-order valence-electron chi connectivity index (χ2n) is 9.74. The second kappa shape index (κ2) is 14.0. The number of carbonyl (C=O) groups is 4. The Morgan fingerprint density at radius 2 is 1.73 bits per heavy atom. The van der Waals surface area contributed by atoms with Gasteiger partial charge >= 0.3 is 6.09 Å². The van der Waals surface area contributed by atoms with Crippen LogP contribution in [0.1, 0.15) is 41.6 Å². The number of carbonyl (C=O) groups excluding carboxylic acids is 4. The number of benzene rings is 3. The first-order chi connectivity index (χ1) is 19.8. The van der Waals surface area contributed by atoms with Crippen molar-refractivity contribution in [3.8, 4) is 0 Å². The Labute approximate surface area is 237 Å². The Kier molecular flexibility index (Phi) is 10.0. The van der Waals surface area contributed by atoms with E-state index in [0.717, 1.165) is 22.8 Å². The number of nitrogens with two attached hydrogens (primary N) is 2. The average Bonchev–Trinajstić information content (AvgIpc) is 3.53. The van der Waals surface area contributed by atoms with Gasteiger partial charge in [0.2, 0.25) is 0 Å². The first kappa shape index (κ1) is 29.2. The lowest BCUT2D eigenvalue weighted by Crippen LogP contribution is -2.56. The van der Waals surface area contributed by atoms with Gasteiger partial charge in [0.05, 0.1) is 6.04 Å². The van der Waals surface area contributed by atoms with Crippen LogP contribution in [0.15, 0.2) is 77.8 Å². The van der Waals surface area contributed by atoms with Gasteiger partial charge in [0.15, 0.2) is 5.96 Å². The molecule has 4 amide bonds. The van der Waals surface area contributed by atoms with Gasteiger partial charge in [-0.05, 0) is 60.7 Å². The van der Waals surface area contributed by atoms with E-state index in [-0.39, 0.29) is 31.1 Å². The molecule has 4 rings (SSSR count). The summed E-state index contributed by atoms with van der Waals surface area (Å²) in [5.74, 6) is -2.41. The van der Waals surface area contributed by atoms with E-state index in [2.05, 4.69) is 15.6 Å². The Hall–Kier alpha value is -4.77. The summed E-state index contributed by atoms with van der Waals surface area (Å²) in [6.07, 6.45) is 0.701. The zero-order chi connectivity index (χ0) is 29.2. The standard InChI is InChI=1S/C30H34N6O5/c31-29(32)34-17-7-13-25(35-30(40)41-19-20-8-2-1-3-9-20)28(39)36(27(38)24-12-6-16-33-24)26(37)23-15-14-21-10-4-5-11-22(21)18-23/h1-5,8-11,14-15,18,24-25,33H,6-7,12-13,16-17,19H2,(H,35,40)(H4,31,32,34)/t24-,25-/m0/s1. The maximum atomic E-state index is 14.0. The minimum absolute atomic E-state index is 0.0216. The number of nitrogens with one attached hydrogen (secondary N) is 2. The van der Waals surface area contributed by atoms with Crippen molar-refractivity contribution >= 4 is 40.5 Å². The number of rotatable bonds is 10. The van der Waals surface area contributed by atoms with Gasteiger partial charge in [-0.25, -0.2) is 9.69 Å². The Bertz CT molecular complexity index is 1420. The van der Waals surface area contributed by atoms with Gasteiger partial charge in [-0.3, -0.25) is 19.4 Å². The smallest absolute Gasteiger partial charge is 0.408 e. The van der Waals surface area contributed by atoms with Crippen molar-refractivity contribution in [3.05, 3.63) is 83.9 Å². The predicted octanol–water partition coefficient (Wildman–Crippen LogP) is 2.44. The highest BCUT2D eigenvalue weighted by Crippen LogP contribution is 2.20. The predicted molar refractivity (Wildman–Crippen MR) is 155 cm³/mol. The quantitative estimate of drug-likeness (QED) is 0.127. The number of ether oxygens (including phenoxy) is 1. The summed E-state index contributed by atoms with van der Waals surface area (Å²) in [4.78, 5) is 58.7. The van der Waals surface area contributed by atoms with Crippen LogP contribution in [0, 0.1) is 0 Å². The molecule has 0 saturated carbocycles. The lowest BCUT2D eigenvalue weighted by atomic mass is 10.0. The summed E-state index contributed by atoms with van der Waals surface area (Å²) in [5.41, 5.74) is 11.8. The molecule has 3 aromatic rings. The van der Waals surface area contributed by atoms with Crippen LogP contribution in [0.4, 0.5) is 4.79 Å². The Balaban J connectivity index is 1.59. The van der Waals surface area contributed by atoms with E-state index in [4.69, 9.17) is 16.2 Å². The van der Waals surface area contributed by atoms with Crippen LogP contribution < -0.4 is 22.1 Å². The molecular weight excluding hydrogens is 524 g/mol. The van der Waals surface area contributed by atoms with Crippen LogP contribution in [0.2, 0.25) is 0 Å². The molecule has 1 aliphatic heterocycles. The third-order valence-electron chi connectivity index (χ3n) is 6.75. The molecule has 0 aliphatic carbocycles. The Morgan fingerprint density at radius 1 is 1.00 bits per heavy atom. The number of amides is 4. The van der Waals surface area contributed by atoms with Gasteiger partial charge < -0.3 is 26.8 Å². The molecule has 0 spiro atoms. The van der Waals surface area contributed by atoms with Crippen LogP contribution in [0.5, 0.6) is 0 Å². The van der Waals surface area contributed by atoms with Gasteiger partial charge in [-0.1, -0.05) is 60.7 Å². The van der Waals surface area contributed by atoms with Crippen molar-refractivity contribution in [1.29, 1.82) is 0 Å². The van der Waals surface area contributed by atoms with Crippen molar-refractivity contribution < 1.29 is 23.9 Å². The normalized spacial score (nSPS) is 15.1. The summed E-state index contributed by atoms with van der Waals surface area (Å²) >= 11 is 0. The molecule has 1 aliphatic rings. The fraction of sp³-hybridized carbons (Fsp3) is 0.300. The molecular formula is C30H34N6O5. The molecule has 1 heterocycles. The van der Waals surface area contributed by atoms with Crippen molar-refractivity contribution in [1.82, 2.24) is 15.5 Å². The zero-order valence-corrected chi connectivity index (χ0v) is 22.6. The molecule has 0 unspecified atom stereocenters. The highest BCUT2D eigenvalue weighted by molar-refractivity contribution is 6.19. The van der Waals surface area contributed by atoms with Gasteiger partial charge in [0.1, 0.15) is 12.6 Å². The highest BCUT2D eigenvalue weighted by Gasteiger charge is 2.39. The summed E-state index contributed by atoms with van der Waals surface area (Å²) < 4.78 is 5.32. The van der Waals surface area contributed by atoms with Gasteiger partial charge in [-0.2, -0.15) is 0 Å². The SMILES string of the molecule is NC(N)=NCCC[C@H](NC(=O)OCc1ccccc1)C(=O)N(C(=O)c1ccc2ccccc2c1)C(=O)[C@@H]1CCCN1. The third-order valence-corrected chi connectivity index (χ3v) is 6.75. The molecule has 1 fully saturated rings. The van der Waals surface area contributed by atoms with Gasteiger partial charge in [-0.15, -0.1) is 0 Å². The minimum Gasteiger partial charge on any atom is -0.445 e. The molecule has 2 atom stereocenters. The van der Waals surface area contributed by atoms with Crippen LogP contribution in [0.25, 0.3) is 10.8 Å². The maximum Gasteiger partial charge on any atom is 0.408 e. The van der Waals surface area contributed by atoms with E-state index >= 15 is 0 Å². The molecule has 0 aromatic heterocycles. The summed E-state index contributed by atoms with van der Waals surface area (Å²) in [6, 6.07) is 19.5. The maximum absolute atomic E-state index is 14.0. The molecule has 0 radical (unpaired) electrons. The number of nitrogens with zero attached hydrogens (tertiary/aromatic N) is 2. The van der Waals surface area contributed by atoms with Crippen molar-refractivity contribution in [3.63, 3.8) is 0 Å². The lowest BCUT2D eigenvalue weighted by Gasteiger charge is -2.27. The number of guanidine groups is 1. The summed E-state index contributed by atoms with van der Waals surface area (Å²) in [5, 5.41) is 7.30. The number of alkyl carbamates (subject to hydrolysis) is 1. The Morgan fingerprint density at radius 3 is 2.44 bits per heavy atom. The fourth-order valence-corrected chi connectivity index (χ4v) is 4.64. The molecule has 11 heteroatoms. The second-order valence-corrected chi connectivity index (χ2v) is 9.74. The van der Waals surface area contributed by atoms with Crippen molar-refractivity contribution in [2.75, 3.05) is 13.1 Å². The molecule has 6 N–H and O–H groups in total. The minimum atomic E-state index is -1.25. The van der Waals surface area contributed by atoms with Crippen molar-refractivity contribution in [2.24, 2.45) is 16.5 Å². The van der Waals surface area contributed by atoms with E-state index in [9.17, 15) is 19.2 Å². The summed E-state index contributed by atoms with van der Waals surface area (Å²) in [7, 11) is 0. The first-order valence-corrected chi connectivity index (χ1v) is 13.5. The number of imide groups is 3. The van der Waals surface area contributed by atoms with Crippen molar-refractivity contribution in [2.45, 2.75) is 44.4 Å². The lowest BCUT2D eigenvalue weighted by molar-refractivity contribution is -0.143. The first-order valence-electron chi connectivity index (χ1n) is 13.5. The number of hydrogen-bond acceptors (Lipinski definition) is 7. The monoisotopic (exact) mass is 558 g/mol. The van der Waals surface area contributed by atoms with Gasteiger partial charge in [0, 0.05) is 12.1 Å². The van der Waals surface area contributed by atoms with E-state index in [1.807, 2.05) is 42.5 Å². The molecule has 0 bridgehead atoms. The van der Waals surface area contributed by atoms with Gasteiger partial charge in [0.25, 0.3) is 17.7 Å². The number of aliphatic imine (C=N–C) groups is 1. The summed E-state index contributed by atoms with van der Waals surface area (Å²) in [6.45, 7) is 0.754. The molecule has 214 valence electrons. The van der Waals surface area contributed by atoms with Crippen LogP contribution in [0.3, 0.4) is 0 Å². The number of fused-ring (bicyclic) bond motifs is 1. The highest BCUT2D eigenvalue weighted by atomic mass is 16.5. The van der Waals surface area contributed by atoms with E-state index in [1.54, 1.807) is 30.3 Å². The molecule has 3 aromatic carbocycles. The van der Waals surface area contributed by atoms with E-state index in [0.29, 0.717) is 24.3 Å². The molecule has 11 nitrogen and oxygen atoms in total. The van der Waals surface area contributed by atoms with E-state index < -0.39 is 35.9 Å². The topological polar surface area (TPSA) is 169 Å².